The highest BCUT2D eigenvalue weighted by Crippen LogP contribution is 2.47. The van der Waals surface area contributed by atoms with Crippen LogP contribution in [0, 0.1) is 23.7 Å². The fourth-order valence-electron chi connectivity index (χ4n) is 10.1. The molecule has 0 radical (unpaired) electrons. The number of aliphatic hydroxyl groups excluding tert-OH is 2. The van der Waals surface area contributed by atoms with Gasteiger partial charge in [-0.15, -0.1) is 0 Å². The number of nitrogens with one attached hydrogen (secondary N) is 1. The maximum absolute atomic E-state index is 15.1. The van der Waals surface area contributed by atoms with E-state index in [0.717, 1.165) is 11.1 Å². The fourth-order valence-corrected chi connectivity index (χ4v) is 10.1. The number of aliphatic hydroxyl groups is 4. The van der Waals surface area contributed by atoms with Crippen molar-refractivity contribution in [3.8, 4) is 23.3 Å². The molecule has 8 bridgehead atoms. The second-order valence-corrected chi connectivity index (χ2v) is 18.6. The number of aromatic hydroxyl groups is 1. The number of benzene rings is 3. The molecule has 64 heavy (non-hydrogen) atoms. The van der Waals surface area contributed by atoms with Crippen molar-refractivity contribution in [3.63, 3.8) is 0 Å². The van der Waals surface area contributed by atoms with Crippen molar-refractivity contribution in [2.24, 2.45) is 11.8 Å². The number of ether oxygens (including phenoxy) is 3. The van der Waals surface area contributed by atoms with Gasteiger partial charge in [-0.05, 0) is 103 Å². The molecule has 0 spiro atoms. The number of carbonyl (C=O) groups is 3. The van der Waals surface area contributed by atoms with Crippen LogP contribution in [-0.4, -0.2) is 86.9 Å². The first-order valence-corrected chi connectivity index (χ1v) is 22.8. The Hall–Kier alpha value is -5.03. The van der Waals surface area contributed by atoms with E-state index >= 15 is 4.79 Å². The van der Waals surface area contributed by atoms with Gasteiger partial charge < -0.3 is 45.1 Å². The summed E-state index contributed by atoms with van der Waals surface area (Å²) in [6, 6.07) is 14.9. The van der Waals surface area contributed by atoms with Gasteiger partial charge in [0.15, 0.2) is 0 Å². The van der Waals surface area contributed by atoms with Crippen molar-refractivity contribution < 1.29 is 54.1 Å². The van der Waals surface area contributed by atoms with Crippen LogP contribution >= 0.6 is 0 Å². The number of esters is 2. The Bertz CT molecular complexity index is 2320. The minimum absolute atomic E-state index is 0.0607. The molecule has 0 unspecified atom stereocenters. The first-order valence-electron chi connectivity index (χ1n) is 22.8. The van der Waals surface area contributed by atoms with E-state index in [1.807, 2.05) is 44.2 Å². The number of phenolic OH excluding ortho intramolecular Hbond substituents is 1. The Morgan fingerprint density at radius 2 is 1.75 bits per heavy atom. The number of hydrogen-bond donors (Lipinski definition) is 6. The van der Waals surface area contributed by atoms with E-state index in [2.05, 4.69) is 17.2 Å². The van der Waals surface area contributed by atoms with Crippen LogP contribution < -0.4 is 10.1 Å². The molecular weight excluding hydrogens is 815 g/mol. The van der Waals surface area contributed by atoms with Gasteiger partial charge in [-0.3, -0.25) is 9.59 Å². The molecule has 6 N–H and O–H groups in total. The number of Topliss-reactive ketones (excluding diaryl/α,β-unsaturated/α-hetero) is 1. The molecular formula is C52H63NO11. The Kier molecular flexibility index (Phi) is 14.7. The molecule has 4 aliphatic rings. The summed E-state index contributed by atoms with van der Waals surface area (Å²) in [5, 5.41) is 61.8. The van der Waals surface area contributed by atoms with Gasteiger partial charge in [0.2, 0.25) is 0 Å². The molecule has 3 aromatic carbocycles. The van der Waals surface area contributed by atoms with Crippen LogP contribution in [-0.2, 0) is 56.1 Å². The molecule has 1 fully saturated rings. The van der Waals surface area contributed by atoms with E-state index in [-0.39, 0.29) is 80.4 Å². The van der Waals surface area contributed by atoms with Gasteiger partial charge in [-0.1, -0.05) is 62.4 Å². The summed E-state index contributed by atoms with van der Waals surface area (Å²) < 4.78 is 17.6. The molecule has 7 rings (SSSR count). The Morgan fingerprint density at radius 1 is 0.984 bits per heavy atom. The van der Waals surface area contributed by atoms with Crippen molar-refractivity contribution in [1.29, 1.82) is 0 Å². The van der Waals surface area contributed by atoms with Crippen LogP contribution in [0.2, 0.25) is 0 Å². The second-order valence-electron chi connectivity index (χ2n) is 18.6. The van der Waals surface area contributed by atoms with Crippen LogP contribution in [0.15, 0.2) is 60.2 Å². The Morgan fingerprint density at radius 3 is 2.48 bits per heavy atom. The molecule has 0 aromatic heterocycles. The minimum Gasteiger partial charge on any atom is -0.507 e. The molecule has 1 aliphatic carbocycles. The summed E-state index contributed by atoms with van der Waals surface area (Å²) in [7, 11) is 1.57. The number of carbonyl (C=O) groups excluding carboxylic acids is 3. The lowest BCUT2D eigenvalue weighted by Gasteiger charge is -2.45. The normalized spacial score (nSPS) is 27.6. The predicted octanol–water partition coefficient (Wildman–Crippen LogP) is 6.29. The average molecular weight is 878 g/mol. The summed E-state index contributed by atoms with van der Waals surface area (Å²) in [6.45, 7) is 5.70. The third-order valence-corrected chi connectivity index (χ3v) is 13.7. The van der Waals surface area contributed by atoms with Crippen LogP contribution in [0.5, 0.6) is 11.5 Å². The summed E-state index contributed by atoms with van der Waals surface area (Å²) in [6.07, 6.45) is 2.03. The molecule has 1 saturated carbocycles. The van der Waals surface area contributed by atoms with Gasteiger partial charge in [-0.25, -0.2) is 4.79 Å². The highest BCUT2D eigenvalue weighted by molar-refractivity contribution is 5.89. The smallest absolute Gasteiger partial charge is 0.334 e. The molecule has 8 atom stereocenters. The summed E-state index contributed by atoms with van der Waals surface area (Å²) in [4.78, 5) is 41.9. The van der Waals surface area contributed by atoms with Crippen LogP contribution in [0.3, 0.4) is 0 Å². The van der Waals surface area contributed by atoms with E-state index in [9.17, 15) is 35.1 Å². The number of ketones is 1. The molecule has 12 heteroatoms. The molecule has 342 valence electrons. The monoisotopic (exact) mass is 877 g/mol. The fraction of sp³-hybridized carbons (Fsp3) is 0.519. The lowest BCUT2D eigenvalue weighted by Crippen LogP contribution is -2.54. The zero-order valence-electron chi connectivity index (χ0n) is 37.5. The third kappa shape index (κ3) is 10.6. The molecule has 3 heterocycles. The SMILES string of the molecule is CCC[C@]1(O)[C@@H]2CCC(=O)[C@H](Cc3cccc(c3)C[C@H](O)/C=C3/C[C@@H](c4cc(CO)cc(NC[C@@](C)(O)CCOC)c4)C#C[C@H]4CC(=O)Oc5c4cc(c(O)c5CC)C[C@H]1OC3=O)C2. The van der Waals surface area contributed by atoms with Gasteiger partial charge in [0.1, 0.15) is 29.0 Å². The zero-order valence-corrected chi connectivity index (χ0v) is 37.5. The largest absolute Gasteiger partial charge is 0.507 e. The van der Waals surface area contributed by atoms with E-state index in [4.69, 9.17) is 14.2 Å². The summed E-state index contributed by atoms with van der Waals surface area (Å²) in [5.74, 6) is 3.47. The molecule has 3 aliphatic heterocycles. The number of methoxy groups -OCH3 is 1. The van der Waals surface area contributed by atoms with E-state index in [0.29, 0.717) is 78.6 Å². The van der Waals surface area contributed by atoms with Gasteiger partial charge >= 0.3 is 11.9 Å². The van der Waals surface area contributed by atoms with Crippen molar-refractivity contribution in [2.45, 2.75) is 140 Å². The van der Waals surface area contributed by atoms with Crippen molar-refractivity contribution in [2.75, 3.05) is 25.6 Å². The predicted molar refractivity (Wildman–Crippen MR) is 241 cm³/mol. The summed E-state index contributed by atoms with van der Waals surface area (Å²) in [5.41, 5.74) is 2.29. The van der Waals surface area contributed by atoms with E-state index < -0.39 is 53.1 Å². The quantitative estimate of drug-likeness (QED) is 0.0719. The molecule has 12 nitrogen and oxygen atoms in total. The maximum Gasteiger partial charge on any atom is 0.334 e. The standard InChI is InChI=1S/C52H63NO11/c1-5-14-52(61)40-12-13-45(56)37(23-40)18-31-8-7-9-32(17-31)21-42(55)25-39-22-34(36-19-33(29-54)20-41(24-36)53-30-51(3,60)15-16-62-4)10-11-35-28-47(57)64-49-43(6-2)48(58)38(26-44(35)49)27-46(52)63-50(39)59/h7-9,17,19-20,24-26,34-35,37,40,42,46,53-55,58,60-61H,5-6,12-16,18,21-23,27-30H2,1-4H3/b39-25-/t34-,35-,37+,40+,42-,46+,51-,52-/m0/s1. The van der Waals surface area contributed by atoms with Crippen molar-refractivity contribution in [1.82, 2.24) is 0 Å². The second kappa shape index (κ2) is 20.0. The molecule has 0 amide bonds. The number of phenols is 1. The van der Waals surface area contributed by atoms with Crippen molar-refractivity contribution >= 4 is 23.4 Å². The number of anilines is 1. The lowest BCUT2D eigenvalue weighted by atomic mass is 9.66. The molecule has 3 aromatic rings. The number of fused-ring (bicyclic) bond motifs is 8. The van der Waals surface area contributed by atoms with Gasteiger partial charge in [0.25, 0.3) is 0 Å². The highest BCUT2D eigenvalue weighted by Gasteiger charge is 2.49. The Labute approximate surface area is 376 Å². The van der Waals surface area contributed by atoms with Gasteiger partial charge in [0.05, 0.1) is 30.7 Å². The first kappa shape index (κ1) is 46.9. The summed E-state index contributed by atoms with van der Waals surface area (Å²) >= 11 is 0. The van der Waals surface area contributed by atoms with Crippen LogP contribution in [0.4, 0.5) is 5.69 Å². The number of rotatable bonds is 11. The third-order valence-electron chi connectivity index (χ3n) is 13.7. The van der Waals surface area contributed by atoms with Crippen LogP contribution in [0.1, 0.15) is 123 Å². The topological polar surface area (TPSA) is 192 Å². The minimum atomic E-state index is -1.63. The Balaban J connectivity index is 1.43. The van der Waals surface area contributed by atoms with Crippen LogP contribution in [0.25, 0.3) is 0 Å². The number of hydrogen-bond acceptors (Lipinski definition) is 12. The van der Waals surface area contributed by atoms with E-state index in [1.165, 1.54) is 6.08 Å². The van der Waals surface area contributed by atoms with Crippen molar-refractivity contribution in [3.05, 3.63) is 99.1 Å². The average Bonchev–Trinajstić information content (AvgIpc) is 3.27. The van der Waals surface area contributed by atoms with Gasteiger partial charge in [-0.2, -0.15) is 0 Å². The van der Waals surface area contributed by atoms with Gasteiger partial charge in [0, 0.05) is 80.2 Å². The highest BCUT2D eigenvalue weighted by atomic mass is 16.6. The van der Waals surface area contributed by atoms with E-state index in [1.54, 1.807) is 32.2 Å². The lowest BCUT2D eigenvalue weighted by molar-refractivity contribution is -0.176. The first-order chi connectivity index (χ1) is 30.6. The maximum atomic E-state index is 15.1. The zero-order chi connectivity index (χ0) is 45.8. The molecule has 0 saturated heterocycles.